The van der Waals surface area contributed by atoms with E-state index in [9.17, 15) is 14.7 Å². The van der Waals surface area contributed by atoms with E-state index in [2.05, 4.69) is 5.32 Å². The summed E-state index contributed by atoms with van der Waals surface area (Å²) in [4.78, 5) is 23.4. The van der Waals surface area contributed by atoms with Gasteiger partial charge in [0.2, 0.25) is 5.91 Å². The second-order valence-electron chi connectivity index (χ2n) is 5.57. The van der Waals surface area contributed by atoms with Crippen LogP contribution in [0.25, 0.3) is 0 Å². The molecule has 4 atom stereocenters. The van der Waals surface area contributed by atoms with Crippen LogP contribution in [0.5, 0.6) is 0 Å². The Morgan fingerprint density at radius 2 is 2.00 bits per heavy atom. The van der Waals surface area contributed by atoms with E-state index in [0.29, 0.717) is 0 Å². The first-order valence-corrected chi connectivity index (χ1v) is 7.12. The highest BCUT2D eigenvalue weighted by Gasteiger charge is 2.45. The van der Waals surface area contributed by atoms with Gasteiger partial charge in [-0.1, -0.05) is 50.6 Å². The molecule has 108 valence electrons. The van der Waals surface area contributed by atoms with Crippen molar-refractivity contribution in [1.29, 1.82) is 0 Å². The lowest BCUT2D eigenvalue weighted by Crippen LogP contribution is -2.45. The van der Waals surface area contributed by atoms with Gasteiger partial charge >= 0.3 is 5.97 Å². The van der Waals surface area contributed by atoms with Crippen molar-refractivity contribution < 1.29 is 14.7 Å². The zero-order valence-corrected chi connectivity index (χ0v) is 11.9. The molecule has 0 bridgehead atoms. The average molecular weight is 275 g/mol. The van der Waals surface area contributed by atoms with Gasteiger partial charge in [-0.15, -0.1) is 0 Å². The van der Waals surface area contributed by atoms with Crippen molar-refractivity contribution in [3.05, 3.63) is 35.9 Å². The molecule has 4 nitrogen and oxygen atoms in total. The molecule has 20 heavy (non-hydrogen) atoms. The number of hydrogen-bond acceptors (Lipinski definition) is 2. The summed E-state index contributed by atoms with van der Waals surface area (Å²) in [5.74, 6) is -0.993. The molecule has 0 heterocycles. The van der Waals surface area contributed by atoms with Crippen LogP contribution >= 0.6 is 0 Å². The van der Waals surface area contributed by atoms with Gasteiger partial charge in [-0.3, -0.25) is 4.79 Å². The molecule has 1 aliphatic rings. The molecule has 0 radical (unpaired) electrons. The first kappa shape index (κ1) is 14.6. The van der Waals surface area contributed by atoms with Gasteiger partial charge in [0.15, 0.2) is 0 Å². The number of hydrogen-bond donors (Lipinski definition) is 2. The number of benzene rings is 1. The molecule has 1 aromatic rings. The Kier molecular flexibility index (Phi) is 4.42. The third-order valence-corrected chi connectivity index (χ3v) is 4.13. The number of aliphatic carboxylic acids is 1. The Morgan fingerprint density at radius 3 is 2.55 bits per heavy atom. The zero-order chi connectivity index (χ0) is 14.7. The van der Waals surface area contributed by atoms with Gasteiger partial charge in [0.05, 0.1) is 0 Å². The van der Waals surface area contributed by atoms with Crippen molar-refractivity contribution in [2.45, 2.75) is 38.6 Å². The molecular formula is C16H21NO3. The predicted octanol–water partition coefficient (Wildman–Crippen LogP) is 2.41. The summed E-state index contributed by atoms with van der Waals surface area (Å²) in [7, 11) is 0. The van der Waals surface area contributed by atoms with Crippen LogP contribution in [0.4, 0.5) is 0 Å². The molecule has 2 N–H and O–H groups in total. The van der Waals surface area contributed by atoms with Crippen molar-refractivity contribution in [3.63, 3.8) is 0 Å². The fourth-order valence-electron chi connectivity index (χ4n) is 2.50. The van der Waals surface area contributed by atoms with Crippen molar-refractivity contribution in [1.82, 2.24) is 5.32 Å². The lowest BCUT2D eigenvalue weighted by atomic mass is 9.99. The largest absolute Gasteiger partial charge is 0.480 e. The Labute approximate surface area is 119 Å². The van der Waals surface area contributed by atoms with Crippen LogP contribution < -0.4 is 5.32 Å². The normalized spacial score (nSPS) is 23.7. The Hall–Kier alpha value is -1.84. The maximum absolute atomic E-state index is 12.1. The van der Waals surface area contributed by atoms with Crippen LogP contribution in [0.2, 0.25) is 0 Å². The third-order valence-electron chi connectivity index (χ3n) is 4.13. The van der Waals surface area contributed by atoms with Crippen LogP contribution in [0.1, 0.15) is 38.2 Å². The van der Waals surface area contributed by atoms with Gasteiger partial charge in [0, 0.05) is 5.92 Å². The third kappa shape index (κ3) is 3.18. The molecule has 0 saturated heterocycles. The van der Waals surface area contributed by atoms with Gasteiger partial charge in [0.25, 0.3) is 0 Å². The van der Waals surface area contributed by atoms with Gasteiger partial charge in [-0.05, 0) is 23.8 Å². The van der Waals surface area contributed by atoms with Crippen molar-refractivity contribution in [2.75, 3.05) is 0 Å². The predicted molar refractivity (Wildman–Crippen MR) is 76.3 cm³/mol. The van der Waals surface area contributed by atoms with E-state index in [1.807, 2.05) is 44.2 Å². The SMILES string of the molecule is CC[C@H](C)[C@H](NC(=O)C1CC1c1ccccc1)C(=O)O. The fraction of sp³-hybridized carbons (Fsp3) is 0.500. The Bertz CT molecular complexity index is 486. The second-order valence-corrected chi connectivity index (χ2v) is 5.57. The van der Waals surface area contributed by atoms with E-state index in [-0.39, 0.29) is 23.7 Å². The minimum atomic E-state index is -0.954. The summed E-state index contributed by atoms with van der Waals surface area (Å²) in [6.07, 6.45) is 1.53. The molecule has 1 amide bonds. The maximum atomic E-state index is 12.1. The van der Waals surface area contributed by atoms with Gasteiger partial charge < -0.3 is 10.4 Å². The Morgan fingerprint density at radius 1 is 1.35 bits per heavy atom. The number of carboxylic acids is 1. The van der Waals surface area contributed by atoms with E-state index in [1.54, 1.807) is 0 Å². The molecule has 1 aliphatic carbocycles. The average Bonchev–Trinajstić information content (AvgIpc) is 3.25. The lowest BCUT2D eigenvalue weighted by molar-refractivity contribution is -0.143. The van der Waals surface area contributed by atoms with Crippen LogP contribution in [0.3, 0.4) is 0 Å². The van der Waals surface area contributed by atoms with Crippen molar-refractivity contribution >= 4 is 11.9 Å². The molecule has 2 rings (SSSR count). The highest BCUT2D eigenvalue weighted by molar-refractivity contribution is 5.87. The van der Waals surface area contributed by atoms with Crippen LogP contribution in [0, 0.1) is 11.8 Å². The number of carbonyl (C=O) groups is 2. The standard InChI is InChI=1S/C16H21NO3/c1-3-10(2)14(16(19)20)17-15(18)13-9-12(13)11-7-5-4-6-8-11/h4-8,10,12-14H,3,9H2,1-2H3,(H,17,18)(H,19,20)/t10-,12?,13?,14-/m0/s1. The summed E-state index contributed by atoms with van der Waals surface area (Å²) in [5, 5.41) is 11.9. The zero-order valence-electron chi connectivity index (χ0n) is 11.9. The number of nitrogens with one attached hydrogen (secondary N) is 1. The minimum absolute atomic E-state index is 0.0645. The van der Waals surface area contributed by atoms with E-state index >= 15 is 0 Å². The molecule has 0 spiro atoms. The molecular weight excluding hydrogens is 254 g/mol. The molecule has 0 aromatic heterocycles. The molecule has 4 heteroatoms. The summed E-state index contributed by atoms with van der Waals surface area (Å²) in [5.41, 5.74) is 1.16. The first-order valence-electron chi connectivity index (χ1n) is 7.12. The number of carboxylic acid groups (broad SMARTS) is 1. The number of rotatable bonds is 6. The summed E-state index contributed by atoms with van der Waals surface area (Å²) >= 11 is 0. The van der Waals surface area contributed by atoms with Gasteiger partial charge in [-0.25, -0.2) is 4.79 Å². The highest BCUT2D eigenvalue weighted by atomic mass is 16.4. The van der Waals surface area contributed by atoms with Gasteiger partial charge in [0.1, 0.15) is 6.04 Å². The first-order chi connectivity index (χ1) is 9.54. The van der Waals surface area contributed by atoms with Crippen molar-refractivity contribution in [3.8, 4) is 0 Å². The smallest absolute Gasteiger partial charge is 0.326 e. The number of carbonyl (C=O) groups excluding carboxylic acids is 1. The van der Waals surface area contributed by atoms with Crippen molar-refractivity contribution in [2.24, 2.45) is 11.8 Å². The van der Waals surface area contributed by atoms with E-state index in [1.165, 1.54) is 0 Å². The summed E-state index contributed by atoms with van der Waals surface area (Å²) in [6, 6.07) is 9.11. The topological polar surface area (TPSA) is 66.4 Å². The number of amides is 1. The highest BCUT2D eigenvalue weighted by Crippen LogP contribution is 2.47. The molecule has 1 saturated carbocycles. The van der Waals surface area contributed by atoms with E-state index < -0.39 is 12.0 Å². The molecule has 1 aromatic carbocycles. The quantitative estimate of drug-likeness (QED) is 0.837. The van der Waals surface area contributed by atoms with Crippen LogP contribution in [-0.4, -0.2) is 23.0 Å². The molecule has 1 fully saturated rings. The lowest BCUT2D eigenvalue weighted by Gasteiger charge is -2.20. The van der Waals surface area contributed by atoms with E-state index in [4.69, 9.17) is 0 Å². The fourth-order valence-corrected chi connectivity index (χ4v) is 2.50. The summed E-state index contributed by atoms with van der Waals surface area (Å²) in [6.45, 7) is 3.78. The second kappa shape index (κ2) is 6.07. The summed E-state index contributed by atoms with van der Waals surface area (Å²) < 4.78 is 0. The minimum Gasteiger partial charge on any atom is -0.480 e. The monoisotopic (exact) mass is 275 g/mol. The van der Waals surface area contributed by atoms with Crippen LogP contribution in [0.15, 0.2) is 30.3 Å². The van der Waals surface area contributed by atoms with Gasteiger partial charge in [-0.2, -0.15) is 0 Å². The maximum Gasteiger partial charge on any atom is 0.326 e. The molecule has 2 unspecified atom stereocenters. The Balaban J connectivity index is 1.95. The molecule has 0 aliphatic heterocycles. The van der Waals surface area contributed by atoms with E-state index in [0.717, 1.165) is 18.4 Å². The van der Waals surface area contributed by atoms with Crippen LogP contribution in [-0.2, 0) is 9.59 Å².